The number of hydrogen-bond acceptors (Lipinski definition) is 1. The minimum Gasteiger partial charge on any atom is -0.389 e. The van der Waals surface area contributed by atoms with Crippen LogP contribution in [0.4, 0.5) is 0 Å². The maximum absolute atomic E-state index is 9.47. The third kappa shape index (κ3) is 2.36. The van der Waals surface area contributed by atoms with Crippen LogP contribution in [0, 0.1) is 0 Å². The smallest absolute Gasteiger partial charge is 0.0762 e. The first-order valence-electron chi connectivity index (χ1n) is 5.37. The fraction of sp³-hybridized carbons (Fsp3) is 0.538. The summed E-state index contributed by atoms with van der Waals surface area (Å²) in [5, 5.41) is 9.47. The molecule has 0 fully saturated rings. The highest BCUT2D eigenvalue weighted by Crippen LogP contribution is 2.23. The van der Waals surface area contributed by atoms with Gasteiger partial charge in [-0.2, -0.15) is 0 Å². The van der Waals surface area contributed by atoms with Gasteiger partial charge in [0.25, 0.3) is 0 Å². The van der Waals surface area contributed by atoms with Crippen molar-refractivity contribution in [3.8, 4) is 0 Å². The number of hydrogen-bond donors (Lipinski definition) is 1. The van der Waals surface area contributed by atoms with Gasteiger partial charge in [0.05, 0.1) is 6.10 Å². The molecule has 1 rings (SSSR count). The highest BCUT2D eigenvalue weighted by atomic mass is 16.3. The zero-order chi connectivity index (χ0) is 10.7. The van der Waals surface area contributed by atoms with Crippen molar-refractivity contribution in [1.29, 1.82) is 0 Å². The first-order chi connectivity index (χ1) is 6.56. The third-order valence-corrected chi connectivity index (χ3v) is 2.65. The summed E-state index contributed by atoms with van der Waals surface area (Å²) in [7, 11) is 0. The quantitative estimate of drug-likeness (QED) is 0.778. The van der Waals surface area contributed by atoms with Crippen LogP contribution < -0.4 is 0 Å². The lowest BCUT2D eigenvalue weighted by atomic mass is 9.93. The Morgan fingerprint density at radius 1 is 1.21 bits per heavy atom. The van der Waals surface area contributed by atoms with Crippen LogP contribution in [0.1, 0.15) is 56.4 Å². The number of benzene rings is 1. The van der Waals surface area contributed by atoms with Gasteiger partial charge < -0.3 is 5.11 Å². The molecule has 0 saturated heterocycles. The molecule has 0 aliphatic rings. The van der Waals surface area contributed by atoms with E-state index in [4.69, 9.17) is 0 Å². The largest absolute Gasteiger partial charge is 0.389 e. The summed E-state index contributed by atoms with van der Waals surface area (Å²) in [6, 6.07) is 6.30. The van der Waals surface area contributed by atoms with E-state index in [2.05, 4.69) is 32.9 Å². The van der Waals surface area contributed by atoms with Crippen LogP contribution in [-0.4, -0.2) is 5.11 Å². The summed E-state index contributed by atoms with van der Waals surface area (Å²) in [6.07, 6.45) is 0.676. The fourth-order valence-corrected chi connectivity index (χ4v) is 1.75. The molecule has 14 heavy (non-hydrogen) atoms. The van der Waals surface area contributed by atoms with E-state index in [0.717, 1.165) is 12.0 Å². The summed E-state index contributed by atoms with van der Waals surface area (Å²) in [6.45, 7) is 8.38. The second kappa shape index (κ2) is 4.61. The van der Waals surface area contributed by atoms with Crippen molar-refractivity contribution in [2.45, 2.75) is 46.1 Å². The van der Waals surface area contributed by atoms with Crippen molar-refractivity contribution in [3.63, 3.8) is 0 Å². The zero-order valence-electron chi connectivity index (χ0n) is 9.54. The van der Waals surface area contributed by atoms with E-state index in [0.29, 0.717) is 5.92 Å². The number of rotatable bonds is 3. The second-order valence-corrected chi connectivity index (χ2v) is 4.14. The Balaban J connectivity index is 3.11. The van der Waals surface area contributed by atoms with Crippen LogP contribution in [0.2, 0.25) is 0 Å². The molecule has 0 bridgehead atoms. The predicted octanol–water partition coefficient (Wildman–Crippen LogP) is 3.43. The first-order valence-corrected chi connectivity index (χ1v) is 5.37. The minimum atomic E-state index is -0.360. The zero-order valence-corrected chi connectivity index (χ0v) is 9.54. The van der Waals surface area contributed by atoms with Crippen molar-refractivity contribution in [3.05, 3.63) is 34.9 Å². The van der Waals surface area contributed by atoms with Gasteiger partial charge >= 0.3 is 0 Å². The SMILES string of the molecule is CCc1cc(C(C)O)ccc1C(C)C. The summed E-state index contributed by atoms with van der Waals surface area (Å²) in [5.74, 6) is 0.563. The molecule has 0 radical (unpaired) electrons. The Kier molecular flexibility index (Phi) is 3.70. The van der Waals surface area contributed by atoms with Crippen LogP contribution in [0.15, 0.2) is 18.2 Å². The monoisotopic (exact) mass is 192 g/mol. The Bertz CT molecular complexity index is 300. The molecule has 1 nitrogen and oxygen atoms in total. The Morgan fingerprint density at radius 2 is 1.86 bits per heavy atom. The molecule has 0 spiro atoms. The van der Waals surface area contributed by atoms with Crippen LogP contribution in [-0.2, 0) is 6.42 Å². The van der Waals surface area contributed by atoms with Crippen molar-refractivity contribution in [2.24, 2.45) is 0 Å². The average molecular weight is 192 g/mol. The van der Waals surface area contributed by atoms with Gasteiger partial charge in [0.2, 0.25) is 0 Å². The molecule has 1 N–H and O–H groups in total. The molecule has 1 atom stereocenters. The van der Waals surface area contributed by atoms with E-state index < -0.39 is 0 Å². The predicted molar refractivity (Wildman–Crippen MR) is 60.5 cm³/mol. The average Bonchev–Trinajstić information content (AvgIpc) is 2.16. The molecule has 0 saturated carbocycles. The van der Waals surface area contributed by atoms with Crippen molar-refractivity contribution in [1.82, 2.24) is 0 Å². The highest BCUT2D eigenvalue weighted by molar-refractivity contribution is 5.34. The highest BCUT2D eigenvalue weighted by Gasteiger charge is 2.08. The van der Waals surface area contributed by atoms with Gasteiger partial charge in [-0.25, -0.2) is 0 Å². The third-order valence-electron chi connectivity index (χ3n) is 2.65. The normalized spacial score (nSPS) is 13.3. The molecule has 0 amide bonds. The van der Waals surface area contributed by atoms with Crippen molar-refractivity contribution >= 4 is 0 Å². The Morgan fingerprint density at radius 3 is 2.29 bits per heavy atom. The van der Waals surface area contributed by atoms with E-state index in [-0.39, 0.29) is 6.10 Å². The first kappa shape index (κ1) is 11.3. The lowest BCUT2D eigenvalue weighted by molar-refractivity contribution is 0.199. The van der Waals surface area contributed by atoms with Gasteiger partial charge in [0.15, 0.2) is 0 Å². The van der Waals surface area contributed by atoms with Gasteiger partial charge in [-0.3, -0.25) is 0 Å². The van der Waals surface area contributed by atoms with Gasteiger partial charge in [-0.1, -0.05) is 39.0 Å². The summed E-state index contributed by atoms with van der Waals surface area (Å²) in [5.41, 5.74) is 3.78. The molecule has 0 aromatic heterocycles. The maximum atomic E-state index is 9.47. The van der Waals surface area contributed by atoms with Gasteiger partial charge in [-0.05, 0) is 36.0 Å². The molecule has 78 valence electrons. The molecule has 1 unspecified atom stereocenters. The van der Waals surface area contributed by atoms with Crippen molar-refractivity contribution in [2.75, 3.05) is 0 Å². The van der Waals surface area contributed by atoms with Crippen LogP contribution in [0.5, 0.6) is 0 Å². The lowest BCUT2D eigenvalue weighted by Crippen LogP contribution is -1.99. The molecule has 0 heterocycles. The summed E-state index contributed by atoms with van der Waals surface area (Å²) >= 11 is 0. The van der Waals surface area contributed by atoms with E-state index in [1.165, 1.54) is 11.1 Å². The van der Waals surface area contributed by atoms with Gasteiger partial charge in [0.1, 0.15) is 0 Å². The van der Waals surface area contributed by atoms with Crippen LogP contribution in [0.3, 0.4) is 0 Å². The summed E-state index contributed by atoms with van der Waals surface area (Å²) < 4.78 is 0. The second-order valence-electron chi connectivity index (χ2n) is 4.14. The van der Waals surface area contributed by atoms with Gasteiger partial charge in [0, 0.05) is 0 Å². The lowest BCUT2D eigenvalue weighted by Gasteiger charge is -2.14. The molecular formula is C13H20O. The molecular weight excluding hydrogens is 172 g/mol. The van der Waals surface area contributed by atoms with Crippen molar-refractivity contribution < 1.29 is 5.11 Å². The Labute approximate surface area is 86.8 Å². The molecule has 0 aliphatic heterocycles. The molecule has 1 aromatic carbocycles. The van der Waals surface area contributed by atoms with E-state index >= 15 is 0 Å². The van der Waals surface area contributed by atoms with E-state index in [1.54, 1.807) is 0 Å². The minimum absolute atomic E-state index is 0.360. The van der Waals surface area contributed by atoms with Crippen LogP contribution >= 0.6 is 0 Å². The van der Waals surface area contributed by atoms with Gasteiger partial charge in [-0.15, -0.1) is 0 Å². The Hall–Kier alpha value is -0.820. The van der Waals surface area contributed by atoms with E-state index in [9.17, 15) is 5.11 Å². The number of aryl methyl sites for hydroxylation is 1. The molecule has 1 aromatic rings. The fourth-order valence-electron chi connectivity index (χ4n) is 1.75. The number of aliphatic hydroxyl groups is 1. The maximum Gasteiger partial charge on any atom is 0.0762 e. The summed E-state index contributed by atoms with van der Waals surface area (Å²) in [4.78, 5) is 0. The van der Waals surface area contributed by atoms with E-state index in [1.807, 2.05) is 13.0 Å². The standard InChI is InChI=1S/C13H20O/c1-5-11-8-12(10(4)14)6-7-13(11)9(2)3/h6-10,14H,5H2,1-4H3. The van der Waals surface area contributed by atoms with Crippen LogP contribution in [0.25, 0.3) is 0 Å². The molecule has 1 heteroatoms. The topological polar surface area (TPSA) is 20.2 Å². The molecule has 0 aliphatic carbocycles. The number of aliphatic hydroxyl groups excluding tert-OH is 1.